The minimum Gasteiger partial charge on any atom is -0.385 e. The molecule has 13 heavy (non-hydrogen) atoms. The summed E-state index contributed by atoms with van der Waals surface area (Å²) in [6, 6.07) is 0. The van der Waals surface area contributed by atoms with Crippen LogP contribution in [0.3, 0.4) is 0 Å². The van der Waals surface area contributed by atoms with E-state index in [-0.39, 0.29) is 0 Å². The Labute approximate surface area is 82.2 Å². The van der Waals surface area contributed by atoms with Crippen LogP contribution >= 0.6 is 0 Å². The molecule has 0 amide bonds. The third-order valence-electron chi connectivity index (χ3n) is 3.39. The van der Waals surface area contributed by atoms with Crippen LogP contribution in [-0.2, 0) is 4.74 Å². The third kappa shape index (κ3) is 2.84. The van der Waals surface area contributed by atoms with Gasteiger partial charge in [-0.1, -0.05) is 25.5 Å². The van der Waals surface area contributed by atoms with Crippen LogP contribution in [0.2, 0.25) is 0 Å². The normalized spacial score (nSPS) is 34.5. The quantitative estimate of drug-likeness (QED) is 0.609. The van der Waals surface area contributed by atoms with E-state index < -0.39 is 0 Å². The molecule has 0 N–H and O–H groups in total. The van der Waals surface area contributed by atoms with Crippen molar-refractivity contribution in [2.45, 2.75) is 33.6 Å². The predicted molar refractivity (Wildman–Crippen MR) is 56.7 cm³/mol. The summed E-state index contributed by atoms with van der Waals surface area (Å²) in [4.78, 5) is 0. The van der Waals surface area contributed by atoms with Gasteiger partial charge in [0.15, 0.2) is 0 Å². The predicted octanol–water partition coefficient (Wildman–Crippen LogP) is 3.26. The molecule has 1 rings (SSSR count). The van der Waals surface area contributed by atoms with Gasteiger partial charge in [0.2, 0.25) is 0 Å². The molecule has 1 aliphatic carbocycles. The molecule has 0 saturated carbocycles. The average molecular weight is 182 g/mol. The average Bonchev–Trinajstić information content (AvgIpc) is 2.09. The van der Waals surface area contributed by atoms with Crippen molar-refractivity contribution in [2.24, 2.45) is 17.8 Å². The Morgan fingerprint density at radius 3 is 2.77 bits per heavy atom. The number of methoxy groups -OCH3 is 1. The highest BCUT2D eigenvalue weighted by atomic mass is 16.5. The standard InChI is InChI=1S/C12H22O/c1-9-7-11(3)12(5-6-13-4)8-10(9)2/h7,9-10,12H,5-6,8H2,1-4H3. The minimum absolute atomic E-state index is 0.763. The summed E-state index contributed by atoms with van der Waals surface area (Å²) in [5.74, 6) is 2.37. The minimum atomic E-state index is 0.763. The van der Waals surface area contributed by atoms with Crippen LogP contribution in [0.5, 0.6) is 0 Å². The fourth-order valence-electron chi connectivity index (χ4n) is 2.17. The van der Waals surface area contributed by atoms with E-state index in [2.05, 4.69) is 26.8 Å². The first-order chi connectivity index (χ1) is 6.15. The maximum Gasteiger partial charge on any atom is 0.0467 e. The molecule has 3 atom stereocenters. The smallest absolute Gasteiger partial charge is 0.0467 e. The van der Waals surface area contributed by atoms with Crippen molar-refractivity contribution in [3.05, 3.63) is 11.6 Å². The van der Waals surface area contributed by atoms with E-state index in [1.807, 2.05) is 0 Å². The molecule has 76 valence electrons. The fraction of sp³-hybridized carbons (Fsp3) is 0.833. The van der Waals surface area contributed by atoms with Gasteiger partial charge < -0.3 is 4.74 Å². The number of allylic oxidation sites excluding steroid dienone is 2. The molecule has 0 aromatic carbocycles. The number of ether oxygens (including phenoxy) is 1. The van der Waals surface area contributed by atoms with Gasteiger partial charge in [-0.05, 0) is 37.5 Å². The lowest BCUT2D eigenvalue weighted by atomic mass is 9.76. The van der Waals surface area contributed by atoms with Crippen LogP contribution < -0.4 is 0 Å². The lowest BCUT2D eigenvalue weighted by Gasteiger charge is -2.30. The number of rotatable bonds is 3. The summed E-state index contributed by atoms with van der Waals surface area (Å²) in [7, 11) is 1.79. The molecule has 1 heteroatoms. The van der Waals surface area contributed by atoms with Gasteiger partial charge in [-0.3, -0.25) is 0 Å². The highest BCUT2D eigenvalue weighted by Gasteiger charge is 2.23. The zero-order valence-corrected chi connectivity index (χ0v) is 9.34. The van der Waals surface area contributed by atoms with Crippen molar-refractivity contribution in [1.82, 2.24) is 0 Å². The van der Waals surface area contributed by atoms with Crippen molar-refractivity contribution in [1.29, 1.82) is 0 Å². The molecular formula is C12H22O. The zero-order chi connectivity index (χ0) is 9.84. The van der Waals surface area contributed by atoms with E-state index in [9.17, 15) is 0 Å². The summed E-state index contributed by atoms with van der Waals surface area (Å²) in [5, 5.41) is 0. The van der Waals surface area contributed by atoms with Gasteiger partial charge in [0, 0.05) is 13.7 Å². The second-order valence-electron chi connectivity index (χ2n) is 4.46. The summed E-state index contributed by atoms with van der Waals surface area (Å²) in [6.07, 6.45) is 4.97. The van der Waals surface area contributed by atoms with Gasteiger partial charge in [-0.25, -0.2) is 0 Å². The van der Waals surface area contributed by atoms with Crippen LogP contribution in [0.4, 0.5) is 0 Å². The summed E-state index contributed by atoms with van der Waals surface area (Å²) >= 11 is 0. The van der Waals surface area contributed by atoms with Crippen molar-refractivity contribution in [3.8, 4) is 0 Å². The largest absolute Gasteiger partial charge is 0.385 e. The topological polar surface area (TPSA) is 9.23 Å². The Kier molecular flexibility index (Phi) is 3.98. The Bertz CT molecular complexity index is 184. The van der Waals surface area contributed by atoms with Gasteiger partial charge in [-0.15, -0.1) is 0 Å². The molecular weight excluding hydrogens is 160 g/mol. The van der Waals surface area contributed by atoms with E-state index in [4.69, 9.17) is 4.74 Å². The third-order valence-corrected chi connectivity index (χ3v) is 3.39. The first-order valence-electron chi connectivity index (χ1n) is 5.32. The van der Waals surface area contributed by atoms with Crippen LogP contribution in [0.1, 0.15) is 33.6 Å². The summed E-state index contributed by atoms with van der Waals surface area (Å²) < 4.78 is 5.13. The second-order valence-corrected chi connectivity index (χ2v) is 4.46. The van der Waals surface area contributed by atoms with Crippen molar-refractivity contribution in [3.63, 3.8) is 0 Å². The number of hydrogen-bond donors (Lipinski definition) is 0. The van der Waals surface area contributed by atoms with E-state index in [0.717, 1.165) is 24.4 Å². The maximum absolute atomic E-state index is 5.13. The molecule has 0 aromatic heterocycles. The van der Waals surface area contributed by atoms with Gasteiger partial charge in [0.1, 0.15) is 0 Å². The van der Waals surface area contributed by atoms with E-state index in [1.54, 1.807) is 12.7 Å². The lowest BCUT2D eigenvalue weighted by molar-refractivity contribution is 0.172. The first kappa shape index (κ1) is 10.8. The molecule has 0 saturated heterocycles. The zero-order valence-electron chi connectivity index (χ0n) is 9.34. The Morgan fingerprint density at radius 1 is 1.46 bits per heavy atom. The Hall–Kier alpha value is -0.300. The van der Waals surface area contributed by atoms with Crippen molar-refractivity contribution < 1.29 is 4.74 Å². The van der Waals surface area contributed by atoms with Gasteiger partial charge in [0.05, 0.1) is 0 Å². The van der Waals surface area contributed by atoms with Crippen LogP contribution in [-0.4, -0.2) is 13.7 Å². The lowest BCUT2D eigenvalue weighted by Crippen LogP contribution is -2.20. The van der Waals surface area contributed by atoms with Crippen LogP contribution in [0, 0.1) is 17.8 Å². The molecule has 0 aromatic rings. The fourth-order valence-corrected chi connectivity index (χ4v) is 2.17. The van der Waals surface area contributed by atoms with E-state index in [1.165, 1.54) is 12.8 Å². The second kappa shape index (κ2) is 4.80. The Morgan fingerprint density at radius 2 is 2.15 bits per heavy atom. The molecule has 1 nitrogen and oxygen atoms in total. The first-order valence-corrected chi connectivity index (χ1v) is 5.32. The van der Waals surface area contributed by atoms with Gasteiger partial charge in [-0.2, -0.15) is 0 Å². The summed E-state index contributed by atoms with van der Waals surface area (Å²) in [5.41, 5.74) is 1.57. The van der Waals surface area contributed by atoms with E-state index in [0.29, 0.717) is 0 Å². The monoisotopic (exact) mass is 182 g/mol. The van der Waals surface area contributed by atoms with Crippen LogP contribution in [0.15, 0.2) is 11.6 Å². The van der Waals surface area contributed by atoms with Gasteiger partial charge in [0.25, 0.3) is 0 Å². The molecule has 0 aliphatic heterocycles. The molecule has 0 heterocycles. The van der Waals surface area contributed by atoms with Crippen LogP contribution in [0.25, 0.3) is 0 Å². The molecule has 0 spiro atoms. The number of hydrogen-bond acceptors (Lipinski definition) is 1. The maximum atomic E-state index is 5.13. The van der Waals surface area contributed by atoms with Crippen molar-refractivity contribution >= 4 is 0 Å². The SMILES string of the molecule is COCCC1CC(C)C(C)C=C1C. The molecule has 1 aliphatic rings. The molecule has 0 radical (unpaired) electrons. The summed E-state index contributed by atoms with van der Waals surface area (Å²) in [6.45, 7) is 7.84. The van der Waals surface area contributed by atoms with E-state index >= 15 is 0 Å². The highest BCUT2D eigenvalue weighted by Crippen LogP contribution is 2.34. The van der Waals surface area contributed by atoms with Gasteiger partial charge >= 0.3 is 0 Å². The molecule has 0 bridgehead atoms. The Balaban J connectivity index is 2.51. The highest BCUT2D eigenvalue weighted by molar-refractivity contribution is 5.10. The van der Waals surface area contributed by atoms with Crippen molar-refractivity contribution in [2.75, 3.05) is 13.7 Å². The molecule has 3 unspecified atom stereocenters. The molecule has 0 fully saturated rings.